The van der Waals surface area contributed by atoms with Crippen LogP contribution in [-0.4, -0.2) is 34.2 Å². The molecule has 1 unspecified atom stereocenters. The summed E-state index contributed by atoms with van der Waals surface area (Å²) in [7, 11) is -2.21. The van der Waals surface area contributed by atoms with E-state index >= 15 is 0 Å². The third-order valence-corrected chi connectivity index (χ3v) is 8.45. The molecule has 38 heavy (non-hydrogen) atoms. The second-order valence-electron chi connectivity index (χ2n) is 8.94. The molecule has 3 aromatic carbocycles. The van der Waals surface area contributed by atoms with Gasteiger partial charge in [-0.2, -0.15) is 9.57 Å². The number of hydrogen-bond donors (Lipinski definition) is 0. The Kier molecular flexibility index (Phi) is 7.97. The highest BCUT2D eigenvalue weighted by atomic mass is 35.5. The second kappa shape index (κ2) is 11.2. The first kappa shape index (κ1) is 27.1. The van der Waals surface area contributed by atoms with E-state index in [2.05, 4.69) is 11.1 Å². The van der Waals surface area contributed by atoms with Crippen molar-refractivity contribution in [3.8, 4) is 6.07 Å². The zero-order valence-corrected chi connectivity index (χ0v) is 22.3. The van der Waals surface area contributed by atoms with Crippen LogP contribution in [0.25, 0.3) is 0 Å². The van der Waals surface area contributed by atoms with Crippen molar-refractivity contribution in [1.29, 1.82) is 5.26 Å². The molecule has 0 spiro atoms. The highest BCUT2D eigenvalue weighted by Crippen LogP contribution is 2.34. The second-order valence-corrected chi connectivity index (χ2v) is 10.8. The molecule has 0 fully saturated rings. The molecule has 10 heteroatoms. The van der Waals surface area contributed by atoms with Crippen molar-refractivity contribution >= 4 is 34.0 Å². The molecular weight excluding hydrogens is 522 g/mol. The van der Waals surface area contributed by atoms with Crippen LogP contribution in [0.5, 0.6) is 0 Å². The molecule has 0 N–H and O–H groups in total. The number of carbonyl (C=O) groups is 1. The van der Waals surface area contributed by atoms with Gasteiger partial charge in [-0.05, 0) is 47.9 Å². The molecule has 1 aliphatic rings. The molecule has 5 rings (SSSR count). The molecule has 1 atom stereocenters. The number of halogens is 1. The summed E-state index contributed by atoms with van der Waals surface area (Å²) >= 11 is 0. The van der Waals surface area contributed by atoms with Crippen LogP contribution in [0, 0.1) is 11.3 Å². The van der Waals surface area contributed by atoms with Gasteiger partial charge in [0.25, 0.3) is 0 Å². The van der Waals surface area contributed by atoms with E-state index in [1.54, 1.807) is 53.8 Å². The lowest BCUT2D eigenvalue weighted by molar-refractivity contribution is -0.122. The summed E-state index contributed by atoms with van der Waals surface area (Å²) in [5, 5.41) is 9.55. The van der Waals surface area contributed by atoms with Gasteiger partial charge in [-0.3, -0.25) is 4.79 Å². The van der Waals surface area contributed by atoms with E-state index in [-0.39, 0.29) is 42.7 Å². The van der Waals surface area contributed by atoms with E-state index in [0.717, 1.165) is 11.3 Å². The Bertz CT molecular complexity index is 1580. The van der Waals surface area contributed by atoms with Crippen molar-refractivity contribution in [2.45, 2.75) is 30.4 Å². The summed E-state index contributed by atoms with van der Waals surface area (Å²) in [4.78, 5) is 20.2. The maximum Gasteiger partial charge on any atom is 0.246 e. The van der Waals surface area contributed by atoms with Crippen molar-refractivity contribution in [1.82, 2.24) is 13.9 Å². The van der Waals surface area contributed by atoms with E-state index in [1.807, 2.05) is 41.9 Å². The lowest BCUT2D eigenvalue weighted by Gasteiger charge is -2.30. The maximum absolute atomic E-state index is 14.3. The molecule has 0 radical (unpaired) electrons. The number of sulfonamides is 1. The largest absolute Gasteiger partial charge is 0.336 e. The van der Waals surface area contributed by atoms with Gasteiger partial charge >= 0.3 is 0 Å². The summed E-state index contributed by atoms with van der Waals surface area (Å²) < 4.78 is 31.1. The number of aryl methyl sites for hydroxylation is 1. The van der Waals surface area contributed by atoms with Crippen molar-refractivity contribution < 1.29 is 13.2 Å². The number of rotatable bonds is 6. The first-order valence-corrected chi connectivity index (χ1v) is 13.2. The average Bonchev–Trinajstić information content (AvgIpc) is 3.29. The number of aromatic nitrogens is 2. The number of imidazole rings is 1. The lowest BCUT2D eigenvalue weighted by atomic mass is 10.0. The molecule has 4 aromatic rings. The molecule has 0 saturated carbocycles. The molecular formula is C28H26ClN5O3S. The van der Waals surface area contributed by atoms with Crippen molar-refractivity contribution in [2.75, 3.05) is 4.90 Å². The first-order chi connectivity index (χ1) is 17.9. The number of carbonyl (C=O) groups excluding carboxylic acids is 1. The maximum atomic E-state index is 14.3. The van der Waals surface area contributed by atoms with Crippen LogP contribution in [0.4, 0.5) is 5.69 Å². The van der Waals surface area contributed by atoms with Gasteiger partial charge < -0.3 is 9.47 Å². The fourth-order valence-electron chi connectivity index (χ4n) is 4.61. The van der Waals surface area contributed by atoms with Gasteiger partial charge in [0.1, 0.15) is 6.04 Å². The number of fused-ring (bicyclic) bond motifs is 1. The van der Waals surface area contributed by atoms with Gasteiger partial charge in [0.2, 0.25) is 15.9 Å². The molecule has 0 bridgehead atoms. The minimum atomic E-state index is -4.06. The van der Waals surface area contributed by atoms with Crippen LogP contribution in [0.3, 0.4) is 0 Å². The van der Waals surface area contributed by atoms with Crippen LogP contribution < -0.4 is 4.90 Å². The minimum absolute atomic E-state index is 0. The fourth-order valence-corrected chi connectivity index (χ4v) is 6.19. The van der Waals surface area contributed by atoms with Gasteiger partial charge in [0.05, 0.1) is 35.1 Å². The Hall–Kier alpha value is -3.97. The fraction of sp³-hybridized carbons (Fsp3) is 0.179. The molecule has 2 heterocycles. The van der Waals surface area contributed by atoms with Crippen LogP contribution in [0.2, 0.25) is 0 Å². The van der Waals surface area contributed by atoms with E-state index in [0.29, 0.717) is 16.8 Å². The summed E-state index contributed by atoms with van der Waals surface area (Å²) in [5.41, 5.74) is 3.20. The quantitative estimate of drug-likeness (QED) is 0.362. The van der Waals surface area contributed by atoms with Gasteiger partial charge in [-0.25, -0.2) is 13.4 Å². The first-order valence-electron chi connectivity index (χ1n) is 11.8. The highest BCUT2D eigenvalue weighted by molar-refractivity contribution is 7.89. The number of benzene rings is 3. The molecule has 0 saturated heterocycles. The summed E-state index contributed by atoms with van der Waals surface area (Å²) in [6.45, 7) is 0.159. The molecule has 8 nitrogen and oxygen atoms in total. The zero-order valence-electron chi connectivity index (χ0n) is 20.6. The van der Waals surface area contributed by atoms with Crippen molar-refractivity contribution in [2.24, 2.45) is 7.05 Å². The Morgan fingerprint density at radius 3 is 2.34 bits per heavy atom. The normalized spacial score (nSPS) is 15.7. The van der Waals surface area contributed by atoms with Gasteiger partial charge in [0.15, 0.2) is 0 Å². The third-order valence-electron chi connectivity index (χ3n) is 6.58. The van der Waals surface area contributed by atoms with Crippen molar-refractivity contribution in [3.63, 3.8) is 0 Å². The lowest BCUT2D eigenvalue weighted by Crippen LogP contribution is -2.49. The van der Waals surface area contributed by atoms with Crippen LogP contribution in [0.15, 0.2) is 96.3 Å². The number of amides is 1. The van der Waals surface area contributed by atoms with Crippen LogP contribution >= 0.6 is 12.4 Å². The van der Waals surface area contributed by atoms with E-state index in [9.17, 15) is 18.5 Å². The SMILES string of the molecule is Cl.Cn1cncc1CN1C(=O)C(Cc2ccccc2)N(S(=O)(=O)c2ccccc2)Cc2cc(C#N)ccc21. The van der Waals surface area contributed by atoms with E-state index < -0.39 is 16.1 Å². The monoisotopic (exact) mass is 547 g/mol. The zero-order chi connectivity index (χ0) is 26.0. The van der Waals surface area contributed by atoms with Crippen molar-refractivity contribution in [3.05, 3.63) is 114 Å². The molecule has 1 aliphatic heterocycles. The summed E-state index contributed by atoms with van der Waals surface area (Å²) in [6.07, 6.45) is 3.55. The predicted octanol–water partition coefficient (Wildman–Crippen LogP) is 4.06. The Labute approximate surface area is 228 Å². The highest BCUT2D eigenvalue weighted by Gasteiger charge is 2.42. The number of hydrogen-bond acceptors (Lipinski definition) is 5. The predicted molar refractivity (Wildman–Crippen MR) is 146 cm³/mol. The minimum Gasteiger partial charge on any atom is -0.336 e. The van der Waals surface area contributed by atoms with Crippen LogP contribution in [0.1, 0.15) is 22.4 Å². The number of anilines is 1. The number of nitrogens with zero attached hydrogens (tertiary/aromatic N) is 5. The standard InChI is InChI=1S/C28H25N5O3S.ClH/c1-31-20-30-17-24(31)19-32-26-13-12-22(16-29)14-23(26)18-33(37(35,36)25-10-6-3-7-11-25)27(28(32)34)15-21-8-4-2-5-9-21;/h2-14,17,20,27H,15,18-19H2,1H3;1H. The average molecular weight is 548 g/mol. The van der Waals surface area contributed by atoms with Crippen LogP contribution in [-0.2, 0) is 41.4 Å². The Morgan fingerprint density at radius 1 is 1.03 bits per heavy atom. The summed E-state index contributed by atoms with van der Waals surface area (Å²) in [5.74, 6) is -0.340. The third kappa shape index (κ3) is 5.20. The van der Waals surface area contributed by atoms with E-state index in [1.165, 1.54) is 16.4 Å². The number of nitriles is 1. The smallest absolute Gasteiger partial charge is 0.246 e. The Balaban J connectivity index is 0.00000336. The summed E-state index contributed by atoms with van der Waals surface area (Å²) in [6, 6.07) is 23.7. The van der Waals surface area contributed by atoms with Gasteiger partial charge in [0, 0.05) is 25.5 Å². The van der Waals surface area contributed by atoms with E-state index in [4.69, 9.17) is 0 Å². The topological polar surface area (TPSA) is 99.3 Å². The van der Waals surface area contributed by atoms with Gasteiger partial charge in [-0.15, -0.1) is 12.4 Å². The van der Waals surface area contributed by atoms with Gasteiger partial charge in [-0.1, -0.05) is 48.5 Å². The Morgan fingerprint density at radius 2 is 1.71 bits per heavy atom. The molecule has 1 amide bonds. The molecule has 1 aromatic heterocycles. The molecule has 194 valence electrons. The molecule has 0 aliphatic carbocycles.